The number of nitrogens with zero attached hydrogens (tertiary/aromatic N) is 1. The van der Waals surface area contributed by atoms with Crippen LogP contribution in [0.25, 0.3) is 11.1 Å². The predicted octanol–water partition coefficient (Wildman–Crippen LogP) is 1.73. The van der Waals surface area contributed by atoms with E-state index >= 15 is 0 Å². The smallest absolute Gasteiger partial charge is 0.175 e. The lowest BCUT2D eigenvalue weighted by atomic mass is 10.1. The number of sulfone groups is 1. The molecule has 0 aliphatic heterocycles. The molecule has 0 aliphatic carbocycles. The van der Waals surface area contributed by atoms with Crippen molar-refractivity contribution in [2.45, 2.75) is 4.90 Å². The highest BCUT2D eigenvalue weighted by molar-refractivity contribution is 7.90. The molecule has 0 radical (unpaired) electrons. The zero-order valence-corrected chi connectivity index (χ0v) is 10.1. The van der Waals surface area contributed by atoms with Crippen molar-refractivity contribution in [1.82, 2.24) is 4.98 Å². The average molecular weight is 248 g/mol. The normalized spacial score (nSPS) is 11.4. The number of rotatable bonds is 2. The molecule has 0 aliphatic rings. The Hall–Kier alpha value is -1.88. The second-order valence-corrected chi connectivity index (χ2v) is 5.78. The third-order valence-corrected chi connectivity index (χ3v) is 3.57. The molecule has 0 saturated heterocycles. The molecule has 0 atom stereocenters. The van der Waals surface area contributed by atoms with Crippen LogP contribution in [0.1, 0.15) is 0 Å². The van der Waals surface area contributed by atoms with Crippen LogP contribution in [-0.2, 0) is 9.84 Å². The van der Waals surface area contributed by atoms with Crippen LogP contribution in [0, 0.1) is 0 Å². The van der Waals surface area contributed by atoms with Crippen LogP contribution in [0.4, 0.5) is 5.69 Å². The van der Waals surface area contributed by atoms with Gasteiger partial charge >= 0.3 is 0 Å². The Kier molecular flexibility index (Phi) is 2.85. The largest absolute Gasteiger partial charge is 0.397 e. The maximum atomic E-state index is 11.3. The van der Waals surface area contributed by atoms with E-state index in [9.17, 15) is 8.42 Å². The van der Waals surface area contributed by atoms with Crippen LogP contribution in [0.15, 0.2) is 47.6 Å². The second-order valence-electron chi connectivity index (χ2n) is 3.76. The van der Waals surface area contributed by atoms with Crippen molar-refractivity contribution in [1.29, 1.82) is 0 Å². The summed E-state index contributed by atoms with van der Waals surface area (Å²) in [6.07, 6.45) is 4.40. The number of benzene rings is 1. The van der Waals surface area contributed by atoms with Crippen LogP contribution in [0.2, 0.25) is 0 Å². The third-order valence-electron chi connectivity index (χ3n) is 2.45. The van der Waals surface area contributed by atoms with E-state index in [0.717, 1.165) is 11.1 Å². The van der Waals surface area contributed by atoms with Gasteiger partial charge in [0.05, 0.1) is 16.8 Å². The molecule has 17 heavy (non-hydrogen) atoms. The zero-order valence-electron chi connectivity index (χ0n) is 9.29. The van der Waals surface area contributed by atoms with Crippen LogP contribution < -0.4 is 5.73 Å². The fraction of sp³-hybridized carbons (Fsp3) is 0.0833. The van der Waals surface area contributed by atoms with Crippen molar-refractivity contribution >= 4 is 15.5 Å². The lowest BCUT2D eigenvalue weighted by molar-refractivity contribution is 0.602. The molecule has 1 heterocycles. The summed E-state index contributed by atoms with van der Waals surface area (Å²) in [6.45, 7) is 0. The summed E-state index contributed by atoms with van der Waals surface area (Å²) in [5, 5.41) is 0. The average Bonchev–Trinajstić information content (AvgIpc) is 2.29. The van der Waals surface area contributed by atoms with Crippen LogP contribution in [-0.4, -0.2) is 19.7 Å². The molecule has 2 aromatic rings. The summed E-state index contributed by atoms with van der Waals surface area (Å²) in [6, 6.07) is 8.42. The van der Waals surface area contributed by atoms with Crippen molar-refractivity contribution in [2.75, 3.05) is 12.0 Å². The number of pyridine rings is 1. The molecule has 4 nitrogen and oxygen atoms in total. The molecule has 1 aromatic carbocycles. The van der Waals surface area contributed by atoms with Crippen molar-refractivity contribution in [2.24, 2.45) is 0 Å². The van der Waals surface area contributed by atoms with Crippen molar-refractivity contribution < 1.29 is 8.42 Å². The monoisotopic (exact) mass is 248 g/mol. The molecule has 88 valence electrons. The van der Waals surface area contributed by atoms with Crippen molar-refractivity contribution in [3.63, 3.8) is 0 Å². The molecule has 5 heteroatoms. The number of anilines is 1. The molecule has 0 bridgehead atoms. The number of nitrogen functional groups attached to an aromatic ring is 1. The summed E-state index contributed by atoms with van der Waals surface area (Å²) in [5.41, 5.74) is 8.08. The molecule has 0 fully saturated rings. The van der Waals surface area contributed by atoms with E-state index in [1.54, 1.807) is 42.7 Å². The van der Waals surface area contributed by atoms with Gasteiger partial charge in [0.15, 0.2) is 9.84 Å². The standard InChI is InChI=1S/C12H12N2O2S/c1-17(15,16)10-4-2-9(3-5-10)11-6-7-14-8-12(11)13/h2-8H,13H2,1H3. The van der Waals surface area contributed by atoms with Gasteiger partial charge in [-0.25, -0.2) is 8.42 Å². The fourth-order valence-corrected chi connectivity index (χ4v) is 2.18. The van der Waals surface area contributed by atoms with Gasteiger partial charge in [0, 0.05) is 18.0 Å². The maximum absolute atomic E-state index is 11.3. The maximum Gasteiger partial charge on any atom is 0.175 e. The van der Waals surface area contributed by atoms with Gasteiger partial charge in [-0.3, -0.25) is 4.98 Å². The minimum Gasteiger partial charge on any atom is -0.397 e. The first kappa shape index (κ1) is 11.6. The van der Waals surface area contributed by atoms with Gasteiger partial charge < -0.3 is 5.73 Å². The summed E-state index contributed by atoms with van der Waals surface area (Å²) < 4.78 is 22.6. The van der Waals surface area contributed by atoms with Gasteiger partial charge in [0.1, 0.15) is 0 Å². The highest BCUT2D eigenvalue weighted by Gasteiger charge is 2.07. The Labute approximate surface area is 100 Å². The van der Waals surface area contributed by atoms with Crippen LogP contribution in [0.5, 0.6) is 0 Å². The minimum absolute atomic E-state index is 0.300. The predicted molar refractivity (Wildman–Crippen MR) is 67.2 cm³/mol. The summed E-state index contributed by atoms with van der Waals surface area (Å²) >= 11 is 0. The Morgan fingerprint density at radius 2 is 1.76 bits per heavy atom. The van der Waals surface area contributed by atoms with E-state index in [1.165, 1.54) is 6.26 Å². The lowest BCUT2D eigenvalue weighted by Crippen LogP contribution is -1.96. The van der Waals surface area contributed by atoms with Gasteiger partial charge in [0.2, 0.25) is 0 Å². The molecule has 0 spiro atoms. The number of hydrogen-bond acceptors (Lipinski definition) is 4. The van der Waals surface area contributed by atoms with Gasteiger partial charge in [-0.2, -0.15) is 0 Å². The topological polar surface area (TPSA) is 73.0 Å². The Balaban J connectivity index is 2.47. The lowest BCUT2D eigenvalue weighted by Gasteiger charge is -2.05. The summed E-state index contributed by atoms with van der Waals surface area (Å²) in [7, 11) is -3.16. The minimum atomic E-state index is -3.16. The second kappa shape index (κ2) is 4.18. The van der Waals surface area contributed by atoms with E-state index < -0.39 is 9.84 Å². The fourth-order valence-electron chi connectivity index (χ4n) is 1.55. The first-order valence-corrected chi connectivity index (χ1v) is 6.87. The molecule has 2 N–H and O–H groups in total. The summed E-state index contributed by atoms with van der Waals surface area (Å²) in [4.78, 5) is 4.21. The summed E-state index contributed by atoms with van der Waals surface area (Å²) in [5.74, 6) is 0. The molecular formula is C12H12N2O2S. The molecule has 0 saturated carbocycles. The van der Waals surface area contributed by atoms with Gasteiger partial charge in [0.25, 0.3) is 0 Å². The third kappa shape index (κ3) is 2.45. The van der Waals surface area contributed by atoms with Crippen molar-refractivity contribution in [3.05, 3.63) is 42.7 Å². The van der Waals surface area contributed by atoms with Gasteiger partial charge in [-0.05, 0) is 23.8 Å². The highest BCUT2D eigenvalue weighted by atomic mass is 32.2. The van der Waals surface area contributed by atoms with E-state index in [-0.39, 0.29) is 0 Å². The number of nitrogens with two attached hydrogens (primary N) is 1. The van der Waals surface area contributed by atoms with E-state index in [0.29, 0.717) is 10.6 Å². The first-order valence-electron chi connectivity index (χ1n) is 4.98. The Morgan fingerprint density at radius 1 is 1.12 bits per heavy atom. The molecule has 0 amide bonds. The zero-order chi connectivity index (χ0) is 12.5. The first-order chi connectivity index (χ1) is 7.98. The van der Waals surface area contributed by atoms with E-state index in [2.05, 4.69) is 4.98 Å². The Bertz CT molecular complexity index is 634. The van der Waals surface area contributed by atoms with Gasteiger partial charge in [-0.15, -0.1) is 0 Å². The van der Waals surface area contributed by atoms with Gasteiger partial charge in [-0.1, -0.05) is 12.1 Å². The highest BCUT2D eigenvalue weighted by Crippen LogP contribution is 2.25. The molecule has 1 aromatic heterocycles. The molecule has 0 unspecified atom stereocenters. The molecule has 2 rings (SSSR count). The number of aromatic nitrogens is 1. The quantitative estimate of drug-likeness (QED) is 0.878. The van der Waals surface area contributed by atoms with Crippen LogP contribution >= 0.6 is 0 Å². The van der Waals surface area contributed by atoms with Crippen LogP contribution in [0.3, 0.4) is 0 Å². The Morgan fingerprint density at radius 3 is 2.29 bits per heavy atom. The number of hydrogen-bond donors (Lipinski definition) is 1. The van der Waals surface area contributed by atoms with E-state index in [1.807, 2.05) is 0 Å². The SMILES string of the molecule is CS(=O)(=O)c1ccc(-c2ccncc2N)cc1. The van der Waals surface area contributed by atoms with Crippen molar-refractivity contribution in [3.8, 4) is 11.1 Å². The molecular weight excluding hydrogens is 236 g/mol. The van der Waals surface area contributed by atoms with E-state index in [4.69, 9.17) is 5.73 Å².